The Hall–Kier alpha value is -4.66. The van der Waals surface area contributed by atoms with E-state index >= 15 is 0 Å². The summed E-state index contributed by atoms with van der Waals surface area (Å²) >= 11 is 0. The van der Waals surface area contributed by atoms with Crippen LogP contribution in [0.4, 0.5) is 11.4 Å². The molecule has 0 fully saturated rings. The van der Waals surface area contributed by atoms with Crippen LogP contribution >= 0.6 is 0 Å². The second-order valence-corrected chi connectivity index (χ2v) is 6.69. The van der Waals surface area contributed by atoms with E-state index in [2.05, 4.69) is 0 Å². The highest BCUT2D eigenvalue weighted by molar-refractivity contribution is 6.35. The first-order chi connectivity index (χ1) is 14.8. The van der Waals surface area contributed by atoms with Gasteiger partial charge in [-0.05, 0) is 48.5 Å². The molecule has 9 heteroatoms. The molecule has 0 saturated heterocycles. The van der Waals surface area contributed by atoms with Crippen molar-refractivity contribution >= 4 is 34.9 Å². The zero-order chi connectivity index (χ0) is 22.3. The molecular formula is C22H12N2O7. The summed E-state index contributed by atoms with van der Waals surface area (Å²) in [5, 5.41) is 19.8. The van der Waals surface area contributed by atoms with Gasteiger partial charge in [0.2, 0.25) is 0 Å². The fourth-order valence-electron chi connectivity index (χ4n) is 3.27. The minimum atomic E-state index is -1.14. The molecule has 0 unspecified atom stereocenters. The van der Waals surface area contributed by atoms with Crippen LogP contribution in [0.25, 0.3) is 0 Å². The molecule has 0 atom stereocenters. The Bertz CT molecular complexity index is 1280. The lowest BCUT2D eigenvalue weighted by atomic mass is 9.99. The second kappa shape index (κ2) is 7.30. The zero-order valence-electron chi connectivity index (χ0n) is 15.6. The van der Waals surface area contributed by atoms with Gasteiger partial charge in [0.1, 0.15) is 0 Å². The molecule has 0 aliphatic carbocycles. The smallest absolute Gasteiger partial charge is 0.335 e. The standard InChI is InChI=1S/C22H12N2O7/c25-19(12-1-8-16(9-2-12)24(30)31)14-5-10-17-18(11-14)21(27)23(20(17)26)15-6-3-13(4-7-15)22(28)29/h1-11H,(H,28,29). The minimum absolute atomic E-state index is 0.0105. The molecule has 2 amide bonds. The number of benzene rings is 3. The fraction of sp³-hybridized carbons (Fsp3) is 0. The zero-order valence-corrected chi connectivity index (χ0v) is 15.6. The number of rotatable bonds is 5. The summed E-state index contributed by atoms with van der Waals surface area (Å²) in [5.74, 6) is -2.82. The maximum Gasteiger partial charge on any atom is 0.335 e. The monoisotopic (exact) mass is 416 g/mol. The van der Waals surface area contributed by atoms with Gasteiger partial charge >= 0.3 is 5.97 Å². The third kappa shape index (κ3) is 3.33. The van der Waals surface area contributed by atoms with E-state index in [1.807, 2.05) is 0 Å². The van der Waals surface area contributed by atoms with Crippen LogP contribution in [0, 0.1) is 10.1 Å². The maximum atomic E-state index is 12.9. The predicted octanol–water partition coefficient (Wildman–Crippen LogP) is 3.32. The van der Waals surface area contributed by atoms with Crippen molar-refractivity contribution in [3.05, 3.63) is 105 Å². The minimum Gasteiger partial charge on any atom is -0.478 e. The third-order valence-electron chi connectivity index (χ3n) is 4.86. The van der Waals surface area contributed by atoms with E-state index in [0.717, 1.165) is 4.90 Å². The first-order valence-electron chi connectivity index (χ1n) is 8.93. The molecule has 1 N–H and O–H groups in total. The largest absolute Gasteiger partial charge is 0.478 e. The number of nitro benzene ring substituents is 1. The molecule has 3 aromatic carbocycles. The van der Waals surface area contributed by atoms with Crippen LogP contribution in [-0.2, 0) is 0 Å². The molecule has 0 bridgehead atoms. The number of amides is 2. The van der Waals surface area contributed by atoms with Crippen molar-refractivity contribution in [2.75, 3.05) is 4.90 Å². The van der Waals surface area contributed by atoms with E-state index in [1.54, 1.807) is 0 Å². The number of carboxylic acid groups (broad SMARTS) is 1. The maximum absolute atomic E-state index is 12.9. The van der Waals surface area contributed by atoms with Crippen LogP contribution in [0.3, 0.4) is 0 Å². The van der Waals surface area contributed by atoms with Crippen LogP contribution in [0.2, 0.25) is 0 Å². The van der Waals surface area contributed by atoms with Crippen molar-refractivity contribution in [1.29, 1.82) is 0 Å². The summed E-state index contributed by atoms with van der Waals surface area (Å²) in [6.45, 7) is 0. The predicted molar refractivity (Wildman–Crippen MR) is 108 cm³/mol. The van der Waals surface area contributed by atoms with Crippen molar-refractivity contribution in [2.24, 2.45) is 0 Å². The van der Waals surface area contributed by atoms with Gasteiger partial charge in [-0.15, -0.1) is 0 Å². The number of imide groups is 1. The Morgan fingerprint density at radius 1 is 0.774 bits per heavy atom. The summed E-state index contributed by atoms with van der Waals surface area (Å²) in [4.78, 5) is 60.4. The average Bonchev–Trinajstić information content (AvgIpc) is 3.03. The highest BCUT2D eigenvalue weighted by Crippen LogP contribution is 2.30. The highest BCUT2D eigenvalue weighted by Gasteiger charge is 2.37. The fourth-order valence-corrected chi connectivity index (χ4v) is 3.27. The van der Waals surface area contributed by atoms with Gasteiger partial charge in [0, 0.05) is 23.3 Å². The molecule has 4 rings (SSSR count). The Morgan fingerprint density at radius 3 is 1.90 bits per heavy atom. The van der Waals surface area contributed by atoms with Gasteiger partial charge in [-0.1, -0.05) is 6.07 Å². The van der Waals surface area contributed by atoms with Gasteiger partial charge in [0.25, 0.3) is 17.5 Å². The van der Waals surface area contributed by atoms with E-state index in [1.165, 1.54) is 66.7 Å². The quantitative estimate of drug-likeness (QED) is 0.292. The normalized spacial score (nSPS) is 12.6. The molecule has 31 heavy (non-hydrogen) atoms. The number of carbonyl (C=O) groups is 4. The van der Waals surface area contributed by atoms with E-state index in [4.69, 9.17) is 5.11 Å². The Balaban J connectivity index is 1.65. The summed E-state index contributed by atoms with van der Waals surface area (Å²) in [6.07, 6.45) is 0. The Kier molecular flexibility index (Phi) is 4.63. The number of carboxylic acids is 1. The van der Waals surface area contributed by atoms with Crippen LogP contribution in [0.5, 0.6) is 0 Å². The van der Waals surface area contributed by atoms with Crippen molar-refractivity contribution in [3.8, 4) is 0 Å². The summed E-state index contributed by atoms with van der Waals surface area (Å²) in [6, 6.07) is 14.4. The van der Waals surface area contributed by atoms with E-state index in [-0.39, 0.29) is 39.2 Å². The average molecular weight is 416 g/mol. The molecule has 3 aromatic rings. The lowest BCUT2D eigenvalue weighted by Gasteiger charge is -2.13. The van der Waals surface area contributed by atoms with E-state index in [0.29, 0.717) is 0 Å². The van der Waals surface area contributed by atoms with E-state index in [9.17, 15) is 29.3 Å². The molecule has 1 heterocycles. The first kappa shape index (κ1) is 19.6. The molecule has 0 aromatic heterocycles. The molecule has 0 spiro atoms. The lowest BCUT2D eigenvalue weighted by Crippen LogP contribution is -2.29. The first-order valence-corrected chi connectivity index (χ1v) is 8.93. The number of hydrogen-bond donors (Lipinski definition) is 1. The summed E-state index contributed by atoms with van der Waals surface area (Å²) in [5.41, 5.74) is 0.569. The van der Waals surface area contributed by atoms with Crippen molar-refractivity contribution in [3.63, 3.8) is 0 Å². The van der Waals surface area contributed by atoms with Gasteiger partial charge in [-0.2, -0.15) is 0 Å². The number of ketones is 1. The van der Waals surface area contributed by atoms with Crippen LogP contribution in [-0.4, -0.2) is 33.6 Å². The molecule has 9 nitrogen and oxygen atoms in total. The summed E-state index contributed by atoms with van der Waals surface area (Å²) < 4.78 is 0. The molecule has 1 aliphatic heterocycles. The number of non-ortho nitro benzene ring substituents is 1. The highest BCUT2D eigenvalue weighted by atomic mass is 16.6. The Morgan fingerprint density at radius 2 is 1.32 bits per heavy atom. The number of anilines is 1. The third-order valence-corrected chi connectivity index (χ3v) is 4.86. The van der Waals surface area contributed by atoms with Crippen molar-refractivity contribution in [1.82, 2.24) is 0 Å². The van der Waals surface area contributed by atoms with Gasteiger partial charge in [-0.25, -0.2) is 9.69 Å². The number of aromatic carboxylic acids is 1. The van der Waals surface area contributed by atoms with Gasteiger partial charge in [0.15, 0.2) is 5.78 Å². The molecule has 152 valence electrons. The number of fused-ring (bicyclic) bond motifs is 1. The Labute approximate surface area is 174 Å². The van der Waals surface area contributed by atoms with Crippen LogP contribution in [0.1, 0.15) is 47.0 Å². The lowest BCUT2D eigenvalue weighted by molar-refractivity contribution is -0.384. The number of hydrogen-bond acceptors (Lipinski definition) is 6. The van der Waals surface area contributed by atoms with Crippen molar-refractivity contribution in [2.45, 2.75) is 0 Å². The number of nitro groups is 1. The number of carbonyl (C=O) groups excluding carboxylic acids is 3. The molecule has 0 radical (unpaired) electrons. The van der Waals surface area contributed by atoms with Crippen molar-refractivity contribution < 1.29 is 29.2 Å². The van der Waals surface area contributed by atoms with Gasteiger partial charge < -0.3 is 5.11 Å². The van der Waals surface area contributed by atoms with Crippen LogP contribution < -0.4 is 4.90 Å². The van der Waals surface area contributed by atoms with Crippen LogP contribution in [0.15, 0.2) is 66.7 Å². The van der Waals surface area contributed by atoms with E-state index < -0.39 is 28.5 Å². The van der Waals surface area contributed by atoms with Gasteiger partial charge in [-0.3, -0.25) is 24.5 Å². The second-order valence-electron chi connectivity index (χ2n) is 6.69. The summed E-state index contributed by atoms with van der Waals surface area (Å²) in [7, 11) is 0. The molecular weight excluding hydrogens is 404 g/mol. The topological polar surface area (TPSA) is 135 Å². The van der Waals surface area contributed by atoms with Gasteiger partial charge in [0.05, 0.1) is 27.3 Å². The SMILES string of the molecule is O=C(O)c1ccc(N2C(=O)c3ccc(C(=O)c4ccc([N+](=O)[O-])cc4)cc3C2=O)cc1. The molecule has 0 saturated carbocycles. The molecule has 1 aliphatic rings. The number of nitrogens with zero attached hydrogens (tertiary/aromatic N) is 2.